The van der Waals surface area contributed by atoms with Crippen LogP contribution in [-0.2, 0) is 9.53 Å². The number of aromatic carboxylic acids is 1. The highest BCUT2D eigenvalue weighted by atomic mass is 16.5. The first-order valence-corrected chi connectivity index (χ1v) is 6.78. The standard InChI is InChI=1S/C15H19NO5/c1-3-9-16(10-13(17)21-4-2)14(18)11-7-5-6-8-12(11)15(19)20/h5-8H,3-4,9-10H2,1-2H3,(H,19,20). The number of amides is 1. The van der Waals surface area contributed by atoms with Crippen molar-refractivity contribution in [1.82, 2.24) is 4.90 Å². The van der Waals surface area contributed by atoms with E-state index in [0.717, 1.165) is 0 Å². The van der Waals surface area contributed by atoms with Crippen molar-refractivity contribution in [3.63, 3.8) is 0 Å². The Morgan fingerprint density at radius 3 is 2.29 bits per heavy atom. The maximum absolute atomic E-state index is 12.5. The molecule has 0 aromatic heterocycles. The lowest BCUT2D eigenvalue weighted by atomic mass is 10.1. The Labute approximate surface area is 123 Å². The zero-order valence-electron chi connectivity index (χ0n) is 12.2. The fourth-order valence-corrected chi connectivity index (χ4v) is 1.91. The van der Waals surface area contributed by atoms with E-state index in [1.54, 1.807) is 19.1 Å². The minimum atomic E-state index is -1.17. The molecule has 0 spiro atoms. The number of esters is 1. The van der Waals surface area contributed by atoms with Crippen LogP contribution in [0.5, 0.6) is 0 Å². The highest BCUT2D eigenvalue weighted by molar-refractivity contribution is 6.05. The lowest BCUT2D eigenvalue weighted by Gasteiger charge is -2.21. The molecule has 1 aromatic carbocycles. The van der Waals surface area contributed by atoms with Gasteiger partial charge in [0, 0.05) is 6.54 Å². The topological polar surface area (TPSA) is 83.9 Å². The number of hydrogen-bond acceptors (Lipinski definition) is 4. The first-order chi connectivity index (χ1) is 10.0. The number of benzene rings is 1. The Hall–Kier alpha value is -2.37. The third-order valence-corrected chi connectivity index (χ3v) is 2.79. The van der Waals surface area contributed by atoms with E-state index in [-0.39, 0.29) is 24.3 Å². The molecule has 1 amide bonds. The van der Waals surface area contributed by atoms with E-state index in [9.17, 15) is 14.4 Å². The summed E-state index contributed by atoms with van der Waals surface area (Å²) in [6.45, 7) is 3.96. The molecule has 0 aliphatic carbocycles. The smallest absolute Gasteiger partial charge is 0.336 e. The highest BCUT2D eigenvalue weighted by Gasteiger charge is 2.23. The number of carboxylic acid groups (broad SMARTS) is 1. The van der Waals surface area contributed by atoms with Crippen molar-refractivity contribution in [2.45, 2.75) is 20.3 Å². The van der Waals surface area contributed by atoms with Crippen LogP contribution in [-0.4, -0.2) is 47.5 Å². The molecule has 114 valence electrons. The molecule has 0 aliphatic rings. The van der Waals surface area contributed by atoms with Gasteiger partial charge in [-0.3, -0.25) is 9.59 Å². The van der Waals surface area contributed by atoms with Gasteiger partial charge < -0.3 is 14.7 Å². The lowest BCUT2D eigenvalue weighted by Crippen LogP contribution is -2.37. The molecule has 0 radical (unpaired) electrons. The third kappa shape index (κ3) is 4.59. The van der Waals surface area contributed by atoms with Gasteiger partial charge in [-0.25, -0.2) is 4.79 Å². The van der Waals surface area contributed by atoms with Gasteiger partial charge in [-0.1, -0.05) is 19.1 Å². The van der Waals surface area contributed by atoms with Crippen LogP contribution in [0.4, 0.5) is 0 Å². The maximum atomic E-state index is 12.5. The summed E-state index contributed by atoms with van der Waals surface area (Å²) in [6.07, 6.45) is 0.653. The molecule has 0 saturated heterocycles. The molecule has 21 heavy (non-hydrogen) atoms. The number of carboxylic acids is 1. The minimum absolute atomic E-state index is 0.0720. The number of carbonyl (C=O) groups excluding carboxylic acids is 2. The molecular weight excluding hydrogens is 274 g/mol. The Balaban J connectivity index is 3.00. The quantitative estimate of drug-likeness (QED) is 0.775. The second kappa shape index (κ2) is 8.04. The van der Waals surface area contributed by atoms with Crippen LogP contribution in [0.15, 0.2) is 24.3 Å². The second-order valence-corrected chi connectivity index (χ2v) is 4.38. The summed E-state index contributed by atoms with van der Waals surface area (Å²) >= 11 is 0. The predicted octanol–water partition coefficient (Wildman–Crippen LogP) is 1.80. The summed E-state index contributed by atoms with van der Waals surface area (Å²) in [5, 5.41) is 9.13. The van der Waals surface area contributed by atoms with Gasteiger partial charge in [0.2, 0.25) is 0 Å². The first kappa shape index (κ1) is 16.7. The Morgan fingerprint density at radius 1 is 1.14 bits per heavy atom. The molecule has 0 saturated carbocycles. The van der Waals surface area contributed by atoms with E-state index >= 15 is 0 Å². The summed E-state index contributed by atoms with van der Waals surface area (Å²) in [6, 6.07) is 5.95. The average Bonchev–Trinajstić information content (AvgIpc) is 2.46. The van der Waals surface area contributed by atoms with Crippen molar-refractivity contribution in [2.24, 2.45) is 0 Å². The van der Waals surface area contributed by atoms with Crippen LogP contribution in [0, 0.1) is 0 Å². The van der Waals surface area contributed by atoms with Crippen LogP contribution in [0.2, 0.25) is 0 Å². The zero-order valence-corrected chi connectivity index (χ0v) is 12.2. The number of ether oxygens (including phenoxy) is 1. The number of carbonyl (C=O) groups is 3. The molecular formula is C15H19NO5. The van der Waals surface area contributed by atoms with Crippen LogP contribution >= 0.6 is 0 Å². The van der Waals surface area contributed by atoms with Crippen LogP contribution in [0.25, 0.3) is 0 Å². The van der Waals surface area contributed by atoms with E-state index in [4.69, 9.17) is 9.84 Å². The Bertz CT molecular complexity index is 527. The van der Waals surface area contributed by atoms with Crippen molar-refractivity contribution >= 4 is 17.8 Å². The van der Waals surface area contributed by atoms with Crippen LogP contribution in [0.3, 0.4) is 0 Å². The van der Waals surface area contributed by atoms with E-state index in [2.05, 4.69) is 0 Å². The molecule has 1 rings (SSSR count). The predicted molar refractivity (Wildman–Crippen MR) is 76.2 cm³/mol. The minimum Gasteiger partial charge on any atom is -0.478 e. The summed E-state index contributed by atoms with van der Waals surface area (Å²) in [4.78, 5) is 36.5. The maximum Gasteiger partial charge on any atom is 0.336 e. The molecule has 0 fully saturated rings. The molecule has 0 bridgehead atoms. The second-order valence-electron chi connectivity index (χ2n) is 4.38. The highest BCUT2D eigenvalue weighted by Crippen LogP contribution is 2.12. The van der Waals surface area contributed by atoms with Crippen molar-refractivity contribution < 1.29 is 24.2 Å². The Kier molecular flexibility index (Phi) is 6.39. The fraction of sp³-hybridized carbons (Fsp3) is 0.400. The summed E-state index contributed by atoms with van der Waals surface area (Å²) in [5.41, 5.74) is -0.00443. The molecule has 6 nitrogen and oxygen atoms in total. The number of nitrogens with zero attached hydrogens (tertiary/aromatic N) is 1. The van der Waals surface area contributed by atoms with Gasteiger partial charge in [0.15, 0.2) is 0 Å². The zero-order chi connectivity index (χ0) is 15.8. The number of rotatable bonds is 7. The fourth-order valence-electron chi connectivity index (χ4n) is 1.91. The van der Waals surface area contributed by atoms with E-state index in [0.29, 0.717) is 13.0 Å². The van der Waals surface area contributed by atoms with Gasteiger partial charge in [-0.2, -0.15) is 0 Å². The first-order valence-electron chi connectivity index (χ1n) is 6.78. The van der Waals surface area contributed by atoms with Crippen molar-refractivity contribution in [2.75, 3.05) is 19.7 Å². The van der Waals surface area contributed by atoms with Gasteiger partial charge >= 0.3 is 11.9 Å². The van der Waals surface area contributed by atoms with Crippen molar-refractivity contribution in [3.8, 4) is 0 Å². The van der Waals surface area contributed by atoms with Crippen LogP contribution in [0.1, 0.15) is 41.0 Å². The largest absolute Gasteiger partial charge is 0.478 e. The SMILES string of the molecule is CCCN(CC(=O)OCC)C(=O)c1ccccc1C(=O)O. The molecule has 0 aliphatic heterocycles. The third-order valence-electron chi connectivity index (χ3n) is 2.79. The summed E-state index contributed by atoms with van der Waals surface area (Å²) in [5.74, 6) is -2.17. The molecule has 1 N–H and O–H groups in total. The van der Waals surface area contributed by atoms with E-state index in [1.807, 2.05) is 6.92 Å². The van der Waals surface area contributed by atoms with Gasteiger partial charge in [0.05, 0.1) is 17.7 Å². The number of hydrogen-bond donors (Lipinski definition) is 1. The van der Waals surface area contributed by atoms with Gasteiger partial charge in [-0.05, 0) is 25.5 Å². The molecule has 6 heteroatoms. The Morgan fingerprint density at radius 2 is 1.76 bits per heavy atom. The van der Waals surface area contributed by atoms with E-state index < -0.39 is 17.8 Å². The summed E-state index contributed by atoms with van der Waals surface area (Å²) in [7, 11) is 0. The monoisotopic (exact) mass is 293 g/mol. The lowest BCUT2D eigenvalue weighted by molar-refractivity contribution is -0.143. The van der Waals surface area contributed by atoms with Crippen molar-refractivity contribution in [1.29, 1.82) is 0 Å². The molecule has 0 atom stereocenters. The van der Waals surface area contributed by atoms with Crippen molar-refractivity contribution in [3.05, 3.63) is 35.4 Å². The molecule has 1 aromatic rings. The van der Waals surface area contributed by atoms with E-state index in [1.165, 1.54) is 17.0 Å². The summed E-state index contributed by atoms with van der Waals surface area (Å²) < 4.78 is 4.83. The van der Waals surface area contributed by atoms with Gasteiger partial charge in [0.25, 0.3) is 5.91 Å². The molecule has 0 heterocycles. The van der Waals surface area contributed by atoms with Crippen LogP contribution < -0.4 is 0 Å². The molecule has 0 unspecified atom stereocenters. The average molecular weight is 293 g/mol. The van der Waals surface area contributed by atoms with Gasteiger partial charge in [0.1, 0.15) is 6.54 Å². The normalized spacial score (nSPS) is 10.0. The van der Waals surface area contributed by atoms with Gasteiger partial charge in [-0.15, -0.1) is 0 Å².